The number of benzene rings is 1. The summed E-state index contributed by atoms with van der Waals surface area (Å²) in [4.78, 5) is 0. The predicted molar refractivity (Wildman–Crippen MR) is 68.4 cm³/mol. The molecule has 0 unspecified atom stereocenters. The maximum absolute atomic E-state index is 5.68. The molecule has 1 aromatic carbocycles. The molecule has 90 valence electrons. The SMILES string of the molecule is Cc1ccc(OCC[NH2+]CCC[NH3+])c(Br)c1. The number of quaternary nitrogens is 2. The van der Waals surface area contributed by atoms with Gasteiger partial charge < -0.3 is 15.8 Å². The number of hydrogen-bond acceptors (Lipinski definition) is 1. The van der Waals surface area contributed by atoms with E-state index >= 15 is 0 Å². The Morgan fingerprint density at radius 1 is 1.38 bits per heavy atom. The first kappa shape index (κ1) is 13.5. The Labute approximate surface area is 105 Å². The van der Waals surface area contributed by atoms with Crippen LogP contribution in [-0.2, 0) is 0 Å². The molecule has 0 fully saturated rings. The maximum atomic E-state index is 5.68. The largest absolute Gasteiger partial charge is 0.487 e. The van der Waals surface area contributed by atoms with Crippen molar-refractivity contribution in [3.8, 4) is 5.75 Å². The lowest BCUT2D eigenvalue weighted by Crippen LogP contribution is -2.85. The molecule has 0 bridgehead atoms. The van der Waals surface area contributed by atoms with Gasteiger partial charge in [-0.25, -0.2) is 0 Å². The highest BCUT2D eigenvalue weighted by Crippen LogP contribution is 2.25. The van der Waals surface area contributed by atoms with E-state index in [1.807, 2.05) is 6.07 Å². The van der Waals surface area contributed by atoms with E-state index < -0.39 is 0 Å². The summed E-state index contributed by atoms with van der Waals surface area (Å²) < 4.78 is 6.71. The summed E-state index contributed by atoms with van der Waals surface area (Å²) in [5.74, 6) is 0.927. The van der Waals surface area contributed by atoms with Crippen molar-refractivity contribution in [3.05, 3.63) is 28.2 Å². The second-order valence-corrected chi connectivity index (χ2v) is 4.71. The number of nitrogens with two attached hydrogens (primary N) is 1. The van der Waals surface area contributed by atoms with Gasteiger partial charge in [-0.2, -0.15) is 0 Å². The van der Waals surface area contributed by atoms with Crippen LogP contribution in [0.25, 0.3) is 0 Å². The van der Waals surface area contributed by atoms with Crippen molar-refractivity contribution in [1.29, 1.82) is 0 Å². The van der Waals surface area contributed by atoms with Crippen LogP contribution in [0, 0.1) is 6.92 Å². The molecule has 0 heterocycles. The van der Waals surface area contributed by atoms with Gasteiger partial charge in [0.2, 0.25) is 0 Å². The monoisotopic (exact) mass is 288 g/mol. The first-order valence-electron chi connectivity index (χ1n) is 5.74. The van der Waals surface area contributed by atoms with E-state index in [1.165, 1.54) is 12.0 Å². The van der Waals surface area contributed by atoms with Crippen LogP contribution in [0.3, 0.4) is 0 Å². The molecule has 0 aromatic heterocycles. The number of aryl methyl sites for hydroxylation is 1. The minimum Gasteiger partial charge on any atom is -0.487 e. The van der Waals surface area contributed by atoms with Crippen molar-refractivity contribution >= 4 is 15.9 Å². The lowest BCUT2D eigenvalue weighted by molar-refractivity contribution is -0.657. The van der Waals surface area contributed by atoms with E-state index in [-0.39, 0.29) is 0 Å². The summed E-state index contributed by atoms with van der Waals surface area (Å²) in [6, 6.07) is 6.14. The van der Waals surface area contributed by atoms with Gasteiger partial charge in [-0.05, 0) is 40.5 Å². The highest BCUT2D eigenvalue weighted by atomic mass is 79.9. The Morgan fingerprint density at radius 2 is 2.19 bits per heavy atom. The quantitative estimate of drug-likeness (QED) is 0.698. The second-order valence-electron chi connectivity index (χ2n) is 3.86. The Morgan fingerprint density at radius 3 is 2.88 bits per heavy atom. The van der Waals surface area contributed by atoms with E-state index in [0.717, 1.165) is 36.5 Å². The molecule has 16 heavy (non-hydrogen) atoms. The molecule has 1 aromatic rings. The number of rotatable bonds is 7. The molecular weight excluding hydrogens is 268 g/mol. The Bertz CT molecular complexity index is 318. The molecule has 3 nitrogen and oxygen atoms in total. The van der Waals surface area contributed by atoms with Crippen molar-refractivity contribution in [2.75, 3.05) is 26.2 Å². The zero-order valence-corrected chi connectivity index (χ0v) is 11.4. The first-order valence-corrected chi connectivity index (χ1v) is 6.53. The third-order valence-corrected chi connectivity index (χ3v) is 2.94. The van der Waals surface area contributed by atoms with Crippen LogP contribution >= 0.6 is 15.9 Å². The van der Waals surface area contributed by atoms with Crippen molar-refractivity contribution in [2.45, 2.75) is 13.3 Å². The summed E-state index contributed by atoms with van der Waals surface area (Å²) in [5.41, 5.74) is 5.05. The molecule has 0 atom stereocenters. The van der Waals surface area contributed by atoms with E-state index in [2.05, 4.69) is 46.0 Å². The number of ether oxygens (including phenoxy) is 1. The van der Waals surface area contributed by atoms with Crippen LogP contribution in [0.15, 0.2) is 22.7 Å². The minimum absolute atomic E-state index is 0.749. The average Bonchev–Trinajstić information content (AvgIpc) is 2.26. The van der Waals surface area contributed by atoms with Crippen LogP contribution in [-0.4, -0.2) is 26.2 Å². The average molecular weight is 289 g/mol. The van der Waals surface area contributed by atoms with Gasteiger partial charge in [-0.3, -0.25) is 0 Å². The highest BCUT2D eigenvalue weighted by Gasteiger charge is 2.01. The zero-order valence-electron chi connectivity index (χ0n) is 9.84. The van der Waals surface area contributed by atoms with Gasteiger partial charge in [0.25, 0.3) is 0 Å². The third-order valence-electron chi connectivity index (χ3n) is 2.33. The van der Waals surface area contributed by atoms with Gasteiger partial charge >= 0.3 is 0 Å². The van der Waals surface area contributed by atoms with Gasteiger partial charge in [-0.1, -0.05) is 6.07 Å². The topological polar surface area (TPSA) is 53.5 Å². The minimum atomic E-state index is 0.749. The van der Waals surface area contributed by atoms with Gasteiger partial charge in [0.15, 0.2) is 0 Å². The normalized spacial score (nSPS) is 10.4. The molecule has 0 amide bonds. The van der Waals surface area contributed by atoms with Crippen LogP contribution in [0.2, 0.25) is 0 Å². The van der Waals surface area contributed by atoms with Gasteiger partial charge in [0.05, 0.1) is 17.6 Å². The fourth-order valence-corrected chi connectivity index (χ4v) is 2.02. The third kappa shape index (κ3) is 4.96. The van der Waals surface area contributed by atoms with Crippen LogP contribution in [0.5, 0.6) is 5.75 Å². The number of halogens is 1. The van der Waals surface area contributed by atoms with Gasteiger partial charge in [0.1, 0.15) is 18.9 Å². The molecule has 0 aliphatic heterocycles. The summed E-state index contributed by atoms with van der Waals surface area (Å²) in [5, 5.41) is 2.27. The van der Waals surface area contributed by atoms with Crippen molar-refractivity contribution in [3.63, 3.8) is 0 Å². The molecule has 0 radical (unpaired) electrons. The zero-order chi connectivity index (χ0) is 11.8. The smallest absolute Gasteiger partial charge is 0.137 e. The second kappa shape index (κ2) is 7.65. The summed E-state index contributed by atoms with van der Waals surface area (Å²) >= 11 is 3.50. The van der Waals surface area contributed by atoms with E-state index in [1.54, 1.807) is 0 Å². The number of hydrogen-bond donors (Lipinski definition) is 2. The molecule has 0 saturated carbocycles. The van der Waals surface area contributed by atoms with E-state index in [9.17, 15) is 0 Å². The van der Waals surface area contributed by atoms with E-state index in [4.69, 9.17) is 4.74 Å². The highest BCUT2D eigenvalue weighted by molar-refractivity contribution is 9.10. The van der Waals surface area contributed by atoms with Crippen molar-refractivity contribution in [2.24, 2.45) is 0 Å². The maximum Gasteiger partial charge on any atom is 0.137 e. The fourth-order valence-electron chi connectivity index (χ4n) is 1.41. The van der Waals surface area contributed by atoms with Crippen molar-refractivity contribution < 1.29 is 15.8 Å². The van der Waals surface area contributed by atoms with Crippen LogP contribution in [0.1, 0.15) is 12.0 Å². The lowest BCUT2D eigenvalue weighted by Gasteiger charge is -2.07. The molecule has 1 rings (SSSR count). The summed E-state index contributed by atoms with van der Waals surface area (Å²) in [6.07, 6.45) is 1.17. The summed E-state index contributed by atoms with van der Waals surface area (Å²) in [6.45, 7) is 5.98. The molecule has 0 saturated heterocycles. The first-order chi connectivity index (χ1) is 7.74. The Balaban J connectivity index is 2.21. The predicted octanol–water partition coefficient (Wildman–Crippen LogP) is 0.332. The van der Waals surface area contributed by atoms with Crippen LogP contribution in [0.4, 0.5) is 0 Å². The molecule has 0 aliphatic carbocycles. The fraction of sp³-hybridized carbons (Fsp3) is 0.500. The molecule has 5 N–H and O–H groups in total. The van der Waals surface area contributed by atoms with Crippen molar-refractivity contribution in [1.82, 2.24) is 0 Å². The molecule has 0 aliphatic rings. The molecular formula is C12H21BrN2O+2. The molecule has 0 spiro atoms. The van der Waals surface area contributed by atoms with Crippen LogP contribution < -0.4 is 15.8 Å². The molecule has 4 heteroatoms. The Kier molecular flexibility index (Phi) is 6.45. The summed E-state index contributed by atoms with van der Waals surface area (Å²) in [7, 11) is 0. The lowest BCUT2D eigenvalue weighted by atomic mass is 10.2. The standard InChI is InChI=1S/C12H19BrN2O/c1-10-3-4-12(11(13)9-10)16-8-7-15-6-2-5-14/h3-4,9,15H,2,5-8,14H2,1H3/p+2. The van der Waals surface area contributed by atoms with E-state index in [0.29, 0.717) is 0 Å². The Hall–Kier alpha value is -0.580. The van der Waals surface area contributed by atoms with Gasteiger partial charge in [-0.15, -0.1) is 0 Å². The van der Waals surface area contributed by atoms with Gasteiger partial charge in [0, 0.05) is 6.42 Å².